The van der Waals surface area contributed by atoms with Crippen LogP contribution in [0.3, 0.4) is 0 Å². The van der Waals surface area contributed by atoms with Crippen LogP contribution in [0.1, 0.15) is 13.3 Å². The maximum atomic E-state index is 5.63. The van der Waals surface area contributed by atoms with Gasteiger partial charge in [-0.05, 0) is 56.0 Å². The lowest BCUT2D eigenvalue weighted by Gasteiger charge is -2.18. The lowest BCUT2D eigenvalue weighted by molar-refractivity contribution is 0.390. The fraction of sp³-hybridized carbons (Fsp3) is 0.545. The maximum Gasteiger partial charge on any atom is 0.140 e. The number of rotatable bonds is 5. The topological polar surface area (TPSA) is 54.2 Å². The molecule has 0 aliphatic carbocycles. The predicted molar refractivity (Wildman–Crippen MR) is 72.6 cm³/mol. The quantitative estimate of drug-likeness (QED) is 0.871. The second-order valence-corrected chi connectivity index (χ2v) is 5.09. The fourth-order valence-corrected chi connectivity index (χ4v) is 1.80. The second kappa shape index (κ2) is 6.06. The third kappa shape index (κ3) is 4.37. The van der Waals surface area contributed by atoms with Gasteiger partial charge in [-0.2, -0.15) is 0 Å². The first-order chi connectivity index (χ1) is 7.49. The molecule has 1 heterocycles. The van der Waals surface area contributed by atoms with Gasteiger partial charge in [0.25, 0.3) is 0 Å². The number of nitrogens with zero attached hydrogens (tertiary/aromatic N) is 2. The van der Waals surface area contributed by atoms with Crippen LogP contribution in [0.2, 0.25) is 0 Å². The van der Waals surface area contributed by atoms with Crippen molar-refractivity contribution in [3.8, 4) is 0 Å². The van der Waals surface area contributed by atoms with Gasteiger partial charge in [-0.3, -0.25) is 0 Å². The number of aromatic nitrogens is 1. The number of nitrogen functional groups attached to an aromatic ring is 1. The number of nitrogens with one attached hydrogen (secondary N) is 1. The third-order valence-electron chi connectivity index (χ3n) is 2.25. The summed E-state index contributed by atoms with van der Waals surface area (Å²) in [7, 11) is 4.15. The molecule has 0 saturated carbocycles. The van der Waals surface area contributed by atoms with Crippen LogP contribution in [-0.2, 0) is 0 Å². The van der Waals surface area contributed by atoms with Gasteiger partial charge in [-0.15, -0.1) is 0 Å². The molecule has 0 bridgehead atoms. The zero-order valence-electron chi connectivity index (χ0n) is 10.00. The number of hydrogen-bond donors (Lipinski definition) is 2. The van der Waals surface area contributed by atoms with E-state index in [4.69, 9.17) is 5.73 Å². The predicted octanol–water partition coefficient (Wildman–Crippen LogP) is 2.18. The smallest absolute Gasteiger partial charge is 0.140 e. The van der Waals surface area contributed by atoms with Gasteiger partial charge in [-0.1, -0.05) is 0 Å². The maximum absolute atomic E-state index is 5.63. The highest BCUT2D eigenvalue weighted by atomic mass is 79.9. The molecule has 0 amide bonds. The van der Waals surface area contributed by atoms with Crippen LogP contribution < -0.4 is 11.1 Å². The molecule has 0 aromatic carbocycles. The lowest BCUT2D eigenvalue weighted by atomic mass is 10.2. The standard InChI is InChI=1S/C11H19BrN4/c1-8(4-5-16(2)3)15-11-10(12)6-9(13)7-14-11/h6-8H,4-5,13H2,1-3H3,(H,14,15). The van der Waals surface area contributed by atoms with E-state index >= 15 is 0 Å². The number of hydrogen-bond acceptors (Lipinski definition) is 4. The zero-order chi connectivity index (χ0) is 12.1. The van der Waals surface area contributed by atoms with Crippen molar-refractivity contribution >= 4 is 27.4 Å². The van der Waals surface area contributed by atoms with Crippen molar-refractivity contribution in [3.63, 3.8) is 0 Å². The molecule has 0 spiro atoms. The van der Waals surface area contributed by atoms with Crippen LogP contribution in [0.5, 0.6) is 0 Å². The highest BCUT2D eigenvalue weighted by Gasteiger charge is 2.06. The van der Waals surface area contributed by atoms with E-state index in [9.17, 15) is 0 Å². The molecule has 0 aliphatic rings. The van der Waals surface area contributed by atoms with Gasteiger partial charge in [-0.25, -0.2) is 4.98 Å². The molecule has 0 saturated heterocycles. The molecule has 1 atom stereocenters. The number of pyridine rings is 1. The molecule has 1 rings (SSSR count). The van der Waals surface area contributed by atoms with Crippen LogP contribution in [0.25, 0.3) is 0 Å². The van der Waals surface area contributed by atoms with E-state index in [2.05, 4.69) is 52.1 Å². The van der Waals surface area contributed by atoms with Gasteiger partial charge in [0.05, 0.1) is 16.4 Å². The Labute approximate surface area is 105 Å². The minimum atomic E-state index is 0.384. The van der Waals surface area contributed by atoms with E-state index in [1.165, 1.54) is 0 Å². The summed E-state index contributed by atoms with van der Waals surface area (Å²) < 4.78 is 0.907. The van der Waals surface area contributed by atoms with Crippen LogP contribution in [0.4, 0.5) is 11.5 Å². The molecule has 0 aliphatic heterocycles. The summed E-state index contributed by atoms with van der Waals surface area (Å²) in [5, 5.41) is 3.35. The van der Waals surface area contributed by atoms with Gasteiger partial charge in [0.2, 0.25) is 0 Å². The van der Waals surface area contributed by atoms with Crippen molar-refractivity contribution in [2.75, 3.05) is 31.7 Å². The highest BCUT2D eigenvalue weighted by Crippen LogP contribution is 2.22. The Morgan fingerprint density at radius 1 is 1.56 bits per heavy atom. The Balaban J connectivity index is 2.52. The molecule has 1 aromatic heterocycles. The molecular weight excluding hydrogens is 268 g/mol. The number of anilines is 2. The molecule has 90 valence electrons. The molecule has 1 unspecified atom stereocenters. The highest BCUT2D eigenvalue weighted by molar-refractivity contribution is 9.10. The summed E-state index contributed by atoms with van der Waals surface area (Å²) in [6.07, 6.45) is 2.73. The van der Waals surface area contributed by atoms with Crippen molar-refractivity contribution in [2.24, 2.45) is 0 Å². The fourth-order valence-electron chi connectivity index (χ4n) is 1.32. The number of nitrogens with two attached hydrogens (primary N) is 1. The van der Waals surface area contributed by atoms with Crippen LogP contribution >= 0.6 is 15.9 Å². The molecule has 0 radical (unpaired) electrons. The minimum Gasteiger partial charge on any atom is -0.397 e. The van der Waals surface area contributed by atoms with Crippen molar-refractivity contribution in [3.05, 3.63) is 16.7 Å². The second-order valence-electron chi connectivity index (χ2n) is 4.24. The van der Waals surface area contributed by atoms with Gasteiger partial charge in [0, 0.05) is 6.04 Å². The molecular formula is C11H19BrN4. The van der Waals surface area contributed by atoms with Crippen LogP contribution in [-0.4, -0.2) is 36.6 Å². The van der Waals surface area contributed by atoms with E-state index in [0.29, 0.717) is 11.7 Å². The molecule has 3 N–H and O–H groups in total. The summed E-state index contributed by atoms with van der Waals surface area (Å²) in [5.41, 5.74) is 6.29. The molecule has 4 nitrogen and oxygen atoms in total. The van der Waals surface area contributed by atoms with Crippen molar-refractivity contribution in [1.82, 2.24) is 9.88 Å². The average Bonchev–Trinajstić information content (AvgIpc) is 2.19. The first kappa shape index (κ1) is 13.3. The van der Waals surface area contributed by atoms with Crippen molar-refractivity contribution < 1.29 is 0 Å². The average molecular weight is 287 g/mol. The minimum absolute atomic E-state index is 0.384. The SMILES string of the molecule is CC(CCN(C)C)Nc1ncc(N)cc1Br. The third-order valence-corrected chi connectivity index (χ3v) is 2.86. The molecule has 5 heteroatoms. The van der Waals surface area contributed by atoms with Gasteiger partial charge in [0.1, 0.15) is 5.82 Å². The molecule has 0 fully saturated rings. The Kier molecular flexibility index (Phi) is 5.02. The summed E-state index contributed by atoms with van der Waals surface area (Å²) in [6, 6.07) is 2.24. The number of halogens is 1. The first-order valence-electron chi connectivity index (χ1n) is 5.31. The largest absolute Gasteiger partial charge is 0.397 e. The first-order valence-corrected chi connectivity index (χ1v) is 6.10. The van der Waals surface area contributed by atoms with Gasteiger partial charge in [0.15, 0.2) is 0 Å². The van der Waals surface area contributed by atoms with E-state index in [1.807, 2.05) is 6.07 Å². The Bertz CT molecular complexity index is 341. The monoisotopic (exact) mass is 286 g/mol. The van der Waals surface area contributed by atoms with Crippen molar-refractivity contribution in [2.45, 2.75) is 19.4 Å². The Morgan fingerprint density at radius 2 is 2.25 bits per heavy atom. The normalized spacial score (nSPS) is 12.8. The Hall–Kier alpha value is -0.810. The summed E-state index contributed by atoms with van der Waals surface area (Å²) in [5.74, 6) is 0.848. The van der Waals surface area contributed by atoms with E-state index in [-0.39, 0.29) is 0 Å². The molecule has 1 aromatic rings. The van der Waals surface area contributed by atoms with Crippen LogP contribution in [0.15, 0.2) is 16.7 Å². The summed E-state index contributed by atoms with van der Waals surface area (Å²) >= 11 is 3.44. The lowest BCUT2D eigenvalue weighted by Crippen LogP contribution is -2.23. The van der Waals surface area contributed by atoms with Gasteiger partial charge >= 0.3 is 0 Å². The van der Waals surface area contributed by atoms with Gasteiger partial charge < -0.3 is 16.0 Å². The van der Waals surface area contributed by atoms with Crippen molar-refractivity contribution in [1.29, 1.82) is 0 Å². The van der Waals surface area contributed by atoms with E-state index in [0.717, 1.165) is 23.3 Å². The van der Waals surface area contributed by atoms with Crippen LogP contribution in [0, 0.1) is 0 Å². The zero-order valence-corrected chi connectivity index (χ0v) is 11.6. The summed E-state index contributed by atoms with van der Waals surface area (Å²) in [6.45, 7) is 3.20. The van der Waals surface area contributed by atoms with E-state index < -0.39 is 0 Å². The molecule has 16 heavy (non-hydrogen) atoms. The Morgan fingerprint density at radius 3 is 2.81 bits per heavy atom. The van der Waals surface area contributed by atoms with E-state index in [1.54, 1.807) is 6.20 Å². The summed E-state index contributed by atoms with van der Waals surface area (Å²) in [4.78, 5) is 6.42.